The molecule has 2 rings (SSSR count). The molecular formula is C18F34O3S2. The van der Waals surface area contributed by atoms with Crippen LogP contribution in [0.1, 0.15) is 0 Å². The molecule has 0 spiro atoms. The van der Waals surface area contributed by atoms with E-state index in [-0.39, 0.29) is 0 Å². The van der Waals surface area contributed by atoms with Crippen molar-refractivity contribution in [2.45, 2.75) is 106 Å². The molecule has 340 valence electrons. The quantitative estimate of drug-likeness (QED) is 0.0875. The molecule has 4 atom stereocenters. The van der Waals surface area contributed by atoms with Gasteiger partial charge in [0.15, 0.2) is 0 Å². The average molecular weight is 974 g/mol. The molecule has 2 fully saturated rings. The van der Waals surface area contributed by atoms with E-state index in [0.717, 1.165) is 0 Å². The molecule has 3 nitrogen and oxygen atoms in total. The summed E-state index contributed by atoms with van der Waals surface area (Å²) in [6.07, 6.45) is -30.2. The van der Waals surface area contributed by atoms with Crippen molar-refractivity contribution in [3.63, 3.8) is 0 Å². The van der Waals surface area contributed by atoms with Gasteiger partial charge in [0.1, 0.15) is 0 Å². The molecule has 0 amide bonds. The Labute approximate surface area is 293 Å². The molecule has 4 unspecified atom stereocenters. The van der Waals surface area contributed by atoms with Crippen LogP contribution >= 0.6 is 24.1 Å². The van der Waals surface area contributed by atoms with Gasteiger partial charge in [-0.05, 0) is 0 Å². The van der Waals surface area contributed by atoms with Crippen LogP contribution in [0.15, 0.2) is 0 Å². The van der Waals surface area contributed by atoms with Gasteiger partial charge in [0.05, 0.1) is 24.1 Å². The molecule has 57 heavy (non-hydrogen) atoms. The first kappa shape index (κ1) is 51.3. The SMILES string of the molecule is FC(F)(F)C(F)(F)C(F)(F)C(F)(F)C(F)(F)C(F)(F)C(F)(SOSC(F)(C(F)(F)C(F)(F)C(F)(F)C(F)(F)C(F)(F)C(F)(F)F)C1(F)OC1(F)F)C1(F)OC1(F)F. The number of hydrogen-bond donors (Lipinski definition) is 0. The molecule has 2 heterocycles. The first-order valence-electron chi connectivity index (χ1n) is 12.0. The number of hydrogen-bond acceptors (Lipinski definition) is 5. The van der Waals surface area contributed by atoms with Crippen LogP contribution in [0.5, 0.6) is 0 Å². The van der Waals surface area contributed by atoms with E-state index in [1.54, 1.807) is 0 Å². The van der Waals surface area contributed by atoms with Crippen LogP contribution in [0.3, 0.4) is 0 Å². The first-order valence-corrected chi connectivity index (χ1v) is 13.5. The fourth-order valence-corrected chi connectivity index (χ4v) is 5.36. The van der Waals surface area contributed by atoms with Crippen LogP contribution in [-0.4, -0.2) is 106 Å². The average Bonchev–Trinajstić information content (AvgIpc) is 3.74. The highest BCUT2D eigenvalue weighted by molar-refractivity contribution is 8.09. The molecule has 2 saturated heterocycles. The van der Waals surface area contributed by atoms with Crippen molar-refractivity contribution < 1.29 is 162 Å². The van der Waals surface area contributed by atoms with Crippen LogP contribution in [0.2, 0.25) is 0 Å². The summed E-state index contributed by atoms with van der Waals surface area (Å²) in [4.78, 5) is 0. The molecule has 0 aromatic heterocycles. The Morgan fingerprint density at radius 1 is 0.281 bits per heavy atom. The minimum absolute atomic E-state index is 2.03. The van der Waals surface area contributed by atoms with Crippen molar-refractivity contribution in [2.75, 3.05) is 0 Å². The van der Waals surface area contributed by atoms with E-state index in [9.17, 15) is 140 Å². The van der Waals surface area contributed by atoms with Crippen molar-refractivity contribution in [3.05, 3.63) is 0 Å². The second kappa shape index (κ2) is 12.4. The van der Waals surface area contributed by atoms with Crippen molar-refractivity contribution in [3.8, 4) is 0 Å². The third-order valence-corrected chi connectivity index (χ3v) is 9.04. The first-order chi connectivity index (χ1) is 24.1. The molecular weight excluding hydrogens is 974 g/mol. The molecule has 0 aromatic carbocycles. The molecule has 0 bridgehead atoms. The lowest BCUT2D eigenvalue weighted by Gasteiger charge is -2.44. The minimum Gasteiger partial charge on any atom is -0.266 e. The zero-order chi connectivity index (χ0) is 46.5. The van der Waals surface area contributed by atoms with E-state index >= 15 is 8.78 Å². The Hall–Kier alpha value is -1.80. The van der Waals surface area contributed by atoms with E-state index < -0.39 is 130 Å². The maximum Gasteiger partial charge on any atom is 0.460 e. The van der Waals surface area contributed by atoms with Gasteiger partial charge in [-0.25, -0.2) is 12.4 Å². The summed E-state index contributed by atoms with van der Waals surface area (Å²) < 4.78 is 469. The monoisotopic (exact) mass is 974 g/mol. The normalized spacial score (nSPS) is 26.8. The molecule has 39 heteroatoms. The third-order valence-electron chi connectivity index (χ3n) is 7.00. The second-order valence-electron chi connectivity index (χ2n) is 10.6. The summed E-state index contributed by atoms with van der Waals surface area (Å²) in [6.45, 7) is 0. The molecule has 2 aliphatic heterocycles. The minimum atomic E-state index is -9.41. The summed E-state index contributed by atoms with van der Waals surface area (Å²) >= 11 is -7.81. The van der Waals surface area contributed by atoms with Gasteiger partial charge in [0, 0.05) is 0 Å². The van der Waals surface area contributed by atoms with E-state index in [1.165, 1.54) is 0 Å². The van der Waals surface area contributed by atoms with Gasteiger partial charge in [0.2, 0.25) is 0 Å². The van der Waals surface area contributed by atoms with Crippen molar-refractivity contribution >= 4 is 24.1 Å². The highest BCUT2D eigenvalue weighted by atomic mass is 32.2. The number of halogens is 34. The van der Waals surface area contributed by atoms with Gasteiger partial charge >= 0.3 is 106 Å². The second-order valence-corrected chi connectivity index (χ2v) is 12.6. The lowest BCUT2D eigenvalue weighted by atomic mass is 9.90. The fourth-order valence-electron chi connectivity index (χ4n) is 3.48. The molecule has 0 aliphatic carbocycles. The van der Waals surface area contributed by atoms with E-state index in [4.69, 9.17) is 0 Å². The fraction of sp³-hybridized carbons (Fsp3) is 1.00. The number of epoxide rings is 2. The third kappa shape index (κ3) is 5.90. The Morgan fingerprint density at radius 3 is 0.596 bits per heavy atom. The van der Waals surface area contributed by atoms with E-state index in [0.29, 0.717) is 0 Å². The lowest BCUT2D eigenvalue weighted by Crippen LogP contribution is -2.74. The van der Waals surface area contributed by atoms with Crippen LogP contribution in [0.4, 0.5) is 149 Å². The van der Waals surface area contributed by atoms with Crippen LogP contribution < -0.4 is 0 Å². The van der Waals surface area contributed by atoms with Gasteiger partial charge in [-0.3, -0.25) is 9.47 Å². The summed E-state index contributed by atoms with van der Waals surface area (Å²) in [6, 6.07) is 0. The largest absolute Gasteiger partial charge is 0.460 e. The van der Waals surface area contributed by atoms with E-state index in [1.807, 2.05) is 9.47 Å². The highest BCUT2D eigenvalue weighted by Gasteiger charge is 3.03. The van der Waals surface area contributed by atoms with Crippen molar-refractivity contribution in [1.29, 1.82) is 0 Å². The number of rotatable bonds is 16. The zero-order valence-corrected chi connectivity index (χ0v) is 25.5. The number of alkyl halides is 34. The highest BCUT2D eigenvalue weighted by Crippen LogP contribution is 2.75. The molecule has 0 N–H and O–H groups in total. The van der Waals surface area contributed by atoms with Gasteiger partial charge in [-0.2, -0.15) is 140 Å². The van der Waals surface area contributed by atoms with Crippen LogP contribution in [0, 0.1) is 0 Å². The molecule has 2 aliphatic rings. The van der Waals surface area contributed by atoms with Crippen molar-refractivity contribution in [2.24, 2.45) is 0 Å². The van der Waals surface area contributed by atoms with Gasteiger partial charge in [0.25, 0.3) is 0 Å². The Morgan fingerprint density at radius 2 is 0.439 bits per heavy atom. The summed E-state index contributed by atoms with van der Waals surface area (Å²) in [5.41, 5.74) is 0. The number of ether oxygens (including phenoxy) is 2. The summed E-state index contributed by atoms with van der Waals surface area (Å²) in [7, 11) is 0. The maximum absolute atomic E-state index is 15.2. The summed E-state index contributed by atoms with van der Waals surface area (Å²) in [5, 5.41) is -16.4. The molecule has 0 radical (unpaired) electrons. The standard InChI is InChI=1S/C18F34O3S2/c19-1(20,5(27,28)9(35,36)15(43,44)45)3(23,24)7(31,32)13(41,11(39)17(49,50)53-11)56-55-57-14(42,12(40)18(51,52)54-12)8(33,34)4(25,26)2(21,22)6(29,30)10(37,38)16(46,47)48. The van der Waals surface area contributed by atoms with E-state index in [2.05, 4.69) is 3.63 Å². The van der Waals surface area contributed by atoms with Crippen LogP contribution in [0.25, 0.3) is 0 Å². The van der Waals surface area contributed by atoms with Crippen LogP contribution in [-0.2, 0) is 13.1 Å². The van der Waals surface area contributed by atoms with Gasteiger partial charge in [-0.1, -0.05) is 0 Å². The Balaban J connectivity index is 2.85. The maximum atomic E-state index is 15.2. The topological polar surface area (TPSA) is 34.3 Å². The van der Waals surface area contributed by atoms with Gasteiger partial charge < -0.3 is 0 Å². The molecule has 0 aromatic rings. The van der Waals surface area contributed by atoms with Gasteiger partial charge in [-0.15, -0.1) is 0 Å². The Bertz CT molecular complexity index is 1440. The summed E-state index contributed by atoms with van der Waals surface area (Å²) in [5.74, 6) is -106. The zero-order valence-electron chi connectivity index (χ0n) is 23.9. The lowest BCUT2D eigenvalue weighted by molar-refractivity contribution is -0.446. The Kier molecular flexibility index (Phi) is 11.2. The predicted molar refractivity (Wildman–Crippen MR) is 105 cm³/mol. The molecule has 0 saturated carbocycles. The van der Waals surface area contributed by atoms with Crippen molar-refractivity contribution in [1.82, 2.24) is 0 Å². The predicted octanol–water partition coefficient (Wildman–Crippen LogP) is 11.7. The smallest absolute Gasteiger partial charge is 0.266 e.